The third-order valence-electron chi connectivity index (χ3n) is 4.12. The molecule has 1 nitrogen and oxygen atoms in total. The number of rotatable bonds is 7. The van der Waals surface area contributed by atoms with Gasteiger partial charge in [-0.2, -0.15) is 0 Å². The van der Waals surface area contributed by atoms with Gasteiger partial charge in [-0.15, -0.1) is 0 Å². The van der Waals surface area contributed by atoms with Crippen LogP contribution in [0.2, 0.25) is 0 Å². The molecule has 21 heavy (non-hydrogen) atoms. The number of carbonyl (C=O) groups excluding carboxylic acids is 1. The summed E-state index contributed by atoms with van der Waals surface area (Å²) in [7, 11) is 0. The fraction of sp³-hybridized carbons (Fsp3) is 0.350. The molecule has 2 aromatic carbocycles. The molecule has 0 unspecified atom stereocenters. The lowest BCUT2D eigenvalue weighted by Crippen LogP contribution is -2.25. The fourth-order valence-electron chi connectivity index (χ4n) is 2.48. The van der Waals surface area contributed by atoms with Crippen LogP contribution < -0.4 is 0 Å². The summed E-state index contributed by atoms with van der Waals surface area (Å²) < 4.78 is 0. The van der Waals surface area contributed by atoms with Crippen LogP contribution in [0.4, 0.5) is 0 Å². The predicted molar refractivity (Wildman–Crippen MR) is 88.3 cm³/mol. The zero-order chi connectivity index (χ0) is 15.1. The Morgan fingerprint density at radius 3 is 1.81 bits per heavy atom. The Labute approximate surface area is 128 Å². The largest absolute Gasteiger partial charge is 0.299 e. The highest BCUT2D eigenvalue weighted by molar-refractivity contribution is 5.84. The highest BCUT2D eigenvalue weighted by Crippen LogP contribution is 2.26. The van der Waals surface area contributed by atoms with E-state index in [0.717, 1.165) is 19.3 Å². The first-order chi connectivity index (χ1) is 10.1. The van der Waals surface area contributed by atoms with Gasteiger partial charge in [-0.3, -0.25) is 4.79 Å². The highest BCUT2D eigenvalue weighted by atomic mass is 16.1. The van der Waals surface area contributed by atoms with Crippen LogP contribution in [-0.4, -0.2) is 5.78 Å². The molecule has 2 aromatic rings. The van der Waals surface area contributed by atoms with Crippen LogP contribution >= 0.6 is 0 Å². The molecule has 1 heteroatoms. The Hall–Kier alpha value is -1.89. The zero-order valence-corrected chi connectivity index (χ0v) is 13.0. The average molecular weight is 280 g/mol. The van der Waals surface area contributed by atoms with Crippen molar-refractivity contribution in [3.8, 4) is 0 Å². The van der Waals surface area contributed by atoms with Crippen molar-refractivity contribution in [3.63, 3.8) is 0 Å². The van der Waals surface area contributed by atoms with Crippen molar-refractivity contribution in [2.45, 2.75) is 39.5 Å². The van der Waals surface area contributed by atoms with Crippen molar-refractivity contribution in [1.29, 1.82) is 0 Å². The maximum Gasteiger partial charge on any atom is 0.138 e. The number of ketones is 1. The van der Waals surface area contributed by atoms with Gasteiger partial charge in [0, 0.05) is 11.8 Å². The van der Waals surface area contributed by atoms with Gasteiger partial charge < -0.3 is 0 Å². The lowest BCUT2D eigenvalue weighted by molar-refractivity contribution is -0.127. The molecule has 0 atom stereocenters. The maximum absolute atomic E-state index is 12.5. The second-order valence-corrected chi connectivity index (χ2v) is 6.28. The molecule has 0 amide bonds. The minimum Gasteiger partial charge on any atom is -0.299 e. The Bertz CT molecular complexity index is 555. The first-order valence-electron chi connectivity index (χ1n) is 7.69. The molecule has 0 radical (unpaired) electrons. The summed E-state index contributed by atoms with van der Waals surface area (Å²) in [6.45, 7) is 4.15. The Morgan fingerprint density at radius 2 is 1.29 bits per heavy atom. The van der Waals surface area contributed by atoms with Gasteiger partial charge in [0.15, 0.2) is 0 Å². The van der Waals surface area contributed by atoms with Gasteiger partial charge in [-0.05, 0) is 30.4 Å². The molecule has 0 spiro atoms. The quantitative estimate of drug-likeness (QED) is 0.708. The van der Waals surface area contributed by atoms with Gasteiger partial charge in [0.25, 0.3) is 0 Å². The number of Topliss-reactive ketones (excluding diaryl/α,β-unsaturated/α-hetero) is 1. The summed E-state index contributed by atoms with van der Waals surface area (Å²) in [6, 6.07) is 20.6. The van der Waals surface area contributed by atoms with Gasteiger partial charge in [-0.25, -0.2) is 0 Å². The van der Waals surface area contributed by atoms with Crippen LogP contribution in [-0.2, 0) is 17.6 Å². The summed E-state index contributed by atoms with van der Waals surface area (Å²) in [5, 5.41) is 0. The molecule has 0 bridgehead atoms. The summed E-state index contributed by atoms with van der Waals surface area (Å²) in [6.07, 6.45) is 3.34. The van der Waals surface area contributed by atoms with Crippen molar-refractivity contribution < 1.29 is 4.79 Å². The van der Waals surface area contributed by atoms with E-state index in [-0.39, 0.29) is 5.41 Å². The first-order valence-corrected chi connectivity index (χ1v) is 7.69. The summed E-state index contributed by atoms with van der Waals surface area (Å²) in [5.41, 5.74) is 2.30. The molecular weight excluding hydrogens is 256 g/mol. The van der Waals surface area contributed by atoms with E-state index in [0.29, 0.717) is 12.2 Å². The number of hydrogen-bond acceptors (Lipinski definition) is 1. The molecule has 0 N–H and O–H groups in total. The minimum atomic E-state index is -0.245. The molecule has 0 aliphatic rings. The Kier molecular flexibility index (Phi) is 5.32. The van der Waals surface area contributed by atoms with E-state index < -0.39 is 0 Å². The highest BCUT2D eigenvalue weighted by Gasteiger charge is 2.26. The van der Waals surface area contributed by atoms with E-state index in [1.54, 1.807) is 0 Å². The van der Waals surface area contributed by atoms with Crippen LogP contribution in [0.3, 0.4) is 0 Å². The van der Waals surface area contributed by atoms with Crippen LogP contribution in [0.25, 0.3) is 0 Å². The molecule has 0 saturated heterocycles. The van der Waals surface area contributed by atoms with Gasteiger partial charge in [-0.1, -0.05) is 74.5 Å². The number of benzene rings is 2. The SMILES string of the molecule is CC(C)(CCc1ccccc1)C(=O)CCc1ccccc1. The Morgan fingerprint density at radius 1 is 0.810 bits per heavy atom. The molecule has 0 saturated carbocycles. The lowest BCUT2D eigenvalue weighted by atomic mass is 9.80. The molecule has 0 aliphatic heterocycles. The van der Waals surface area contributed by atoms with Crippen molar-refractivity contribution in [2.24, 2.45) is 5.41 Å². The smallest absolute Gasteiger partial charge is 0.138 e. The topological polar surface area (TPSA) is 17.1 Å². The van der Waals surface area contributed by atoms with Crippen LogP contribution in [0.1, 0.15) is 37.8 Å². The molecule has 2 rings (SSSR count). The molecular formula is C20H24O. The van der Waals surface area contributed by atoms with Crippen molar-refractivity contribution in [3.05, 3.63) is 71.8 Å². The third-order valence-corrected chi connectivity index (χ3v) is 4.12. The monoisotopic (exact) mass is 280 g/mol. The van der Waals surface area contributed by atoms with E-state index in [9.17, 15) is 4.79 Å². The summed E-state index contributed by atoms with van der Waals surface area (Å²) in [5.74, 6) is 0.363. The fourth-order valence-corrected chi connectivity index (χ4v) is 2.48. The third kappa shape index (κ3) is 4.86. The molecule has 0 heterocycles. The maximum atomic E-state index is 12.5. The molecule has 0 aromatic heterocycles. The summed E-state index contributed by atoms with van der Waals surface area (Å²) in [4.78, 5) is 12.5. The lowest BCUT2D eigenvalue weighted by Gasteiger charge is -2.23. The average Bonchev–Trinajstić information content (AvgIpc) is 2.52. The number of carbonyl (C=O) groups is 1. The Balaban J connectivity index is 1.85. The van der Waals surface area contributed by atoms with E-state index in [4.69, 9.17) is 0 Å². The number of aryl methyl sites for hydroxylation is 2. The van der Waals surface area contributed by atoms with Crippen molar-refractivity contribution >= 4 is 5.78 Å². The van der Waals surface area contributed by atoms with Crippen molar-refractivity contribution in [2.75, 3.05) is 0 Å². The normalized spacial score (nSPS) is 11.3. The zero-order valence-electron chi connectivity index (χ0n) is 13.0. The van der Waals surface area contributed by atoms with Crippen LogP contribution in [0.5, 0.6) is 0 Å². The minimum absolute atomic E-state index is 0.245. The van der Waals surface area contributed by atoms with Gasteiger partial charge in [0.2, 0.25) is 0 Å². The molecule has 0 aliphatic carbocycles. The second kappa shape index (κ2) is 7.21. The van der Waals surface area contributed by atoms with Gasteiger partial charge >= 0.3 is 0 Å². The molecule has 0 fully saturated rings. The van der Waals surface area contributed by atoms with Crippen LogP contribution in [0, 0.1) is 5.41 Å². The number of hydrogen-bond donors (Lipinski definition) is 0. The summed E-state index contributed by atoms with van der Waals surface area (Å²) >= 11 is 0. The van der Waals surface area contributed by atoms with E-state index in [1.165, 1.54) is 11.1 Å². The second-order valence-electron chi connectivity index (χ2n) is 6.28. The predicted octanol–water partition coefficient (Wildman–Crippen LogP) is 4.85. The van der Waals surface area contributed by atoms with E-state index >= 15 is 0 Å². The van der Waals surface area contributed by atoms with Gasteiger partial charge in [0.1, 0.15) is 5.78 Å². The van der Waals surface area contributed by atoms with Crippen molar-refractivity contribution in [1.82, 2.24) is 0 Å². The first kappa shape index (κ1) is 15.5. The standard InChI is InChI=1S/C20H24O/c1-20(2,16-15-18-11-7-4-8-12-18)19(21)14-13-17-9-5-3-6-10-17/h3-12H,13-16H2,1-2H3. The van der Waals surface area contributed by atoms with Gasteiger partial charge in [0.05, 0.1) is 0 Å². The van der Waals surface area contributed by atoms with Crippen LogP contribution in [0.15, 0.2) is 60.7 Å². The van der Waals surface area contributed by atoms with E-state index in [2.05, 4.69) is 50.2 Å². The molecule has 110 valence electrons. The van der Waals surface area contributed by atoms with E-state index in [1.807, 2.05) is 24.3 Å².